The van der Waals surface area contributed by atoms with Gasteiger partial charge in [0.05, 0.1) is 12.5 Å². The molecule has 3 aliphatic carbocycles. The molecule has 3 aliphatic rings. The standard InChI is InChI=1S/C14H22O6S2/c1-21(15,16)19-11-9-13-5-3-4-6-14(13,8-7-13)10-12(11)20-22(2,17)18/h7-8,11-12H,3-6,9-10H2,1-2H3. The topological polar surface area (TPSA) is 86.7 Å². The molecule has 3 rings (SSSR count). The van der Waals surface area contributed by atoms with Gasteiger partial charge in [-0.15, -0.1) is 0 Å². The first-order valence-corrected chi connectivity index (χ1v) is 11.1. The van der Waals surface area contributed by atoms with Gasteiger partial charge in [-0.05, 0) is 25.7 Å². The molecule has 6 nitrogen and oxygen atoms in total. The van der Waals surface area contributed by atoms with Crippen LogP contribution in [0, 0.1) is 10.8 Å². The maximum absolute atomic E-state index is 11.5. The molecule has 0 saturated heterocycles. The van der Waals surface area contributed by atoms with Crippen LogP contribution in [0.5, 0.6) is 0 Å². The number of hydrogen-bond acceptors (Lipinski definition) is 6. The van der Waals surface area contributed by atoms with E-state index in [2.05, 4.69) is 12.2 Å². The van der Waals surface area contributed by atoms with Gasteiger partial charge >= 0.3 is 0 Å². The average molecular weight is 350 g/mol. The Bertz CT molecular complexity index is 635. The van der Waals surface area contributed by atoms with E-state index in [0.717, 1.165) is 38.2 Å². The Labute approximate surface area is 132 Å². The molecular weight excluding hydrogens is 328 g/mol. The first kappa shape index (κ1) is 16.4. The zero-order valence-electron chi connectivity index (χ0n) is 12.8. The van der Waals surface area contributed by atoms with Crippen molar-refractivity contribution < 1.29 is 25.2 Å². The highest BCUT2D eigenvalue weighted by Gasteiger charge is 2.61. The van der Waals surface area contributed by atoms with Gasteiger partial charge in [-0.1, -0.05) is 25.0 Å². The maximum atomic E-state index is 11.5. The lowest BCUT2D eigenvalue weighted by molar-refractivity contribution is -0.104. The molecule has 0 radical (unpaired) electrons. The minimum Gasteiger partial charge on any atom is -0.264 e. The lowest BCUT2D eigenvalue weighted by Gasteiger charge is -2.62. The summed E-state index contributed by atoms with van der Waals surface area (Å²) in [5, 5.41) is 0. The van der Waals surface area contributed by atoms with Gasteiger partial charge in [-0.2, -0.15) is 16.8 Å². The molecule has 0 bridgehead atoms. The van der Waals surface area contributed by atoms with Crippen LogP contribution in [0.2, 0.25) is 0 Å². The Hall–Kier alpha value is -0.440. The Morgan fingerprint density at radius 1 is 0.818 bits per heavy atom. The fraction of sp³-hybridized carbons (Fsp3) is 0.857. The van der Waals surface area contributed by atoms with Crippen LogP contribution >= 0.6 is 0 Å². The summed E-state index contributed by atoms with van der Waals surface area (Å²) >= 11 is 0. The Morgan fingerprint density at radius 2 is 1.18 bits per heavy atom. The van der Waals surface area contributed by atoms with Crippen molar-refractivity contribution in [3.05, 3.63) is 12.2 Å². The van der Waals surface area contributed by atoms with E-state index in [1.54, 1.807) is 0 Å². The molecule has 0 aromatic heterocycles. The number of allylic oxidation sites excluding steroid dienone is 2. The fourth-order valence-corrected chi connectivity index (χ4v) is 5.75. The first-order valence-electron chi connectivity index (χ1n) is 7.51. The monoisotopic (exact) mass is 350 g/mol. The summed E-state index contributed by atoms with van der Waals surface area (Å²) in [5.41, 5.74) is -0.115. The SMILES string of the molecule is CS(=O)(=O)OC1CC23C=CC2(CCCC3)CC1OS(C)(=O)=O. The molecule has 2 fully saturated rings. The third kappa shape index (κ3) is 2.86. The van der Waals surface area contributed by atoms with Crippen LogP contribution in [0.1, 0.15) is 38.5 Å². The molecule has 0 N–H and O–H groups in total. The third-order valence-corrected chi connectivity index (χ3v) is 6.54. The van der Waals surface area contributed by atoms with Crippen LogP contribution in [0.25, 0.3) is 0 Å². The molecule has 0 amide bonds. The van der Waals surface area contributed by atoms with Gasteiger partial charge in [0.2, 0.25) is 0 Å². The second-order valence-electron chi connectivity index (χ2n) is 6.94. The van der Waals surface area contributed by atoms with E-state index in [1.165, 1.54) is 0 Å². The molecule has 22 heavy (non-hydrogen) atoms. The van der Waals surface area contributed by atoms with Crippen molar-refractivity contribution in [2.45, 2.75) is 50.7 Å². The van der Waals surface area contributed by atoms with Crippen LogP contribution in [0.3, 0.4) is 0 Å². The van der Waals surface area contributed by atoms with Gasteiger partial charge in [0.15, 0.2) is 0 Å². The highest BCUT2D eigenvalue weighted by atomic mass is 32.2. The van der Waals surface area contributed by atoms with Crippen LogP contribution in [0.15, 0.2) is 12.2 Å². The molecule has 8 heteroatoms. The van der Waals surface area contributed by atoms with Crippen LogP contribution in [-0.2, 0) is 28.6 Å². The van der Waals surface area contributed by atoms with Crippen molar-refractivity contribution in [3.8, 4) is 0 Å². The van der Waals surface area contributed by atoms with Crippen molar-refractivity contribution in [2.24, 2.45) is 10.8 Å². The minimum atomic E-state index is -3.67. The average Bonchev–Trinajstić information content (AvgIpc) is 2.31. The molecule has 126 valence electrons. The first-order chi connectivity index (χ1) is 10.0. The second kappa shape index (κ2) is 5.03. The molecule has 0 heterocycles. The van der Waals surface area contributed by atoms with Crippen molar-refractivity contribution >= 4 is 20.2 Å². The zero-order chi connectivity index (χ0) is 16.2. The van der Waals surface area contributed by atoms with Crippen molar-refractivity contribution in [3.63, 3.8) is 0 Å². The fourth-order valence-electron chi connectivity index (χ4n) is 4.47. The van der Waals surface area contributed by atoms with Gasteiger partial charge in [0.25, 0.3) is 20.2 Å². The molecular formula is C14H22O6S2. The molecule has 4 atom stereocenters. The molecule has 0 aliphatic heterocycles. The third-order valence-electron chi connectivity index (χ3n) is 5.35. The maximum Gasteiger partial charge on any atom is 0.264 e. The Morgan fingerprint density at radius 3 is 1.45 bits per heavy atom. The second-order valence-corrected chi connectivity index (χ2v) is 10.1. The van der Waals surface area contributed by atoms with Crippen LogP contribution in [0.4, 0.5) is 0 Å². The lowest BCUT2D eigenvalue weighted by Crippen LogP contribution is -2.59. The van der Waals surface area contributed by atoms with E-state index < -0.39 is 32.4 Å². The predicted octanol–water partition coefficient (Wildman–Crippen LogP) is 1.59. The summed E-state index contributed by atoms with van der Waals surface area (Å²) in [6.45, 7) is 0. The Kier molecular flexibility index (Phi) is 3.75. The van der Waals surface area contributed by atoms with E-state index in [-0.39, 0.29) is 10.8 Å². The van der Waals surface area contributed by atoms with Crippen LogP contribution < -0.4 is 0 Å². The number of hydrogen-bond donors (Lipinski definition) is 0. The summed E-state index contributed by atoms with van der Waals surface area (Å²) in [7, 11) is -7.34. The molecule has 2 saturated carbocycles. The largest absolute Gasteiger partial charge is 0.264 e. The summed E-state index contributed by atoms with van der Waals surface area (Å²) < 4.78 is 56.5. The van der Waals surface area contributed by atoms with Gasteiger partial charge in [-0.3, -0.25) is 8.37 Å². The molecule has 4 unspecified atom stereocenters. The van der Waals surface area contributed by atoms with E-state index in [9.17, 15) is 16.8 Å². The zero-order valence-corrected chi connectivity index (χ0v) is 14.5. The van der Waals surface area contributed by atoms with Crippen molar-refractivity contribution in [2.75, 3.05) is 12.5 Å². The van der Waals surface area contributed by atoms with E-state index >= 15 is 0 Å². The lowest BCUT2D eigenvalue weighted by atomic mass is 9.43. The van der Waals surface area contributed by atoms with E-state index in [4.69, 9.17) is 8.37 Å². The summed E-state index contributed by atoms with van der Waals surface area (Å²) in [4.78, 5) is 0. The molecule has 0 aromatic rings. The molecule has 0 spiro atoms. The summed E-state index contributed by atoms with van der Waals surface area (Å²) in [6, 6.07) is 0. The van der Waals surface area contributed by atoms with Gasteiger partial charge in [0, 0.05) is 10.8 Å². The highest BCUT2D eigenvalue weighted by molar-refractivity contribution is 7.86. The normalized spacial score (nSPS) is 41.4. The van der Waals surface area contributed by atoms with Gasteiger partial charge in [-0.25, -0.2) is 0 Å². The van der Waals surface area contributed by atoms with E-state index in [1.807, 2.05) is 0 Å². The summed E-state index contributed by atoms with van der Waals surface area (Å²) in [6.07, 6.45) is 9.99. The van der Waals surface area contributed by atoms with E-state index in [0.29, 0.717) is 12.8 Å². The van der Waals surface area contributed by atoms with Crippen molar-refractivity contribution in [1.29, 1.82) is 0 Å². The van der Waals surface area contributed by atoms with Crippen molar-refractivity contribution in [1.82, 2.24) is 0 Å². The number of rotatable bonds is 4. The van der Waals surface area contributed by atoms with Gasteiger partial charge in [0.1, 0.15) is 12.2 Å². The highest BCUT2D eigenvalue weighted by Crippen LogP contribution is 2.66. The van der Waals surface area contributed by atoms with Crippen LogP contribution in [-0.4, -0.2) is 41.6 Å². The predicted molar refractivity (Wildman–Crippen MR) is 81.1 cm³/mol. The minimum absolute atomic E-state index is 0.0576. The van der Waals surface area contributed by atoms with Gasteiger partial charge < -0.3 is 0 Å². The summed E-state index contributed by atoms with van der Waals surface area (Å²) in [5.74, 6) is 0. The molecule has 0 aromatic carbocycles. The Balaban J connectivity index is 1.91. The quantitative estimate of drug-likeness (QED) is 0.565. The smallest absolute Gasteiger partial charge is 0.264 e.